The summed E-state index contributed by atoms with van der Waals surface area (Å²) in [6, 6.07) is 10.7. The second-order valence-electron chi connectivity index (χ2n) is 7.77. The normalized spacial score (nSPS) is 15.4. The zero-order valence-corrected chi connectivity index (χ0v) is 17.4. The molecular weight excluding hydrogens is 407 g/mol. The van der Waals surface area contributed by atoms with Crippen molar-refractivity contribution in [1.29, 1.82) is 0 Å². The summed E-state index contributed by atoms with van der Waals surface area (Å²) in [5, 5.41) is 2.84. The number of rotatable bonds is 6. The Balaban J connectivity index is 1.50. The molecule has 0 aliphatic carbocycles. The fourth-order valence-corrected chi connectivity index (χ4v) is 3.40. The van der Waals surface area contributed by atoms with Gasteiger partial charge in [-0.2, -0.15) is 13.2 Å². The van der Waals surface area contributed by atoms with Crippen molar-refractivity contribution in [3.63, 3.8) is 0 Å². The van der Waals surface area contributed by atoms with E-state index in [0.29, 0.717) is 24.5 Å². The Morgan fingerprint density at radius 2 is 2.03 bits per heavy atom. The van der Waals surface area contributed by atoms with Gasteiger partial charge < -0.3 is 15.0 Å². The van der Waals surface area contributed by atoms with Crippen molar-refractivity contribution in [3.05, 3.63) is 59.9 Å². The summed E-state index contributed by atoms with van der Waals surface area (Å²) in [6.45, 7) is 2.77. The summed E-state index contributed by atoms with van der Waals surface area (Å²) in [4.78, 5) is 18.1. The molecule has 1 aliphatic heterocycles. The fraction of sp³-hybridized carbons (Fsp3) is 0.391. The molecule has 1 atom stereocenters. The van der Waals surface area contributed by atoms with Crippen molar-refractivity contribution in [3.8, 4) is 5.75 Å². The first-order valence-corrected chi connectivity index (χ1v) is 10.2. The molecule has 0 saturated carbocycles. The number of ether oxygens (including phenoxy) is 1. The Bertz CT molecular complexity index is 890. The highest BCUT2D eigenvalue weighted by Gasteiger charge is 2.30. The molecular formula is C23H26F3N3O2. The van der Waals surface area contributed by atoms with E-state index in [-0.39, 0.29) is 12.6 Å². The van der Waals surface area contributed by atoms with Crippen LogP contribution in [0.4, 0.5) is 23.7 Å². The second-order valence-corrected chi connectivity index (χ2v) is 7.77. The van der Waals surface area contributed by atoms with Crippen molar-refractivity contribution < 1.29 is 22.7 Å². The Hall–Kier alpha value is -3.03. The zero-order valence-electron chi connectivity index (χ0n) is 17.4. The van der Waals surface area contributed by atoms with Crippen LogP contribution in [0.25, 0.3) is 6.08 Å². The number of benzene rings is 1. The van der Waals surface area contributed by atoms with Gasteiger partial charge in [0.05, 0.1) is 18.5 Å². The predicted molar refractivity (Wildman–Crippen MR) is 114 cm³/mol. The molecule has 31 heavy (non-hydrogen) atoms. The molecule has 1 aliphatic rings. The van der Waals surface area contributed by atoms with E-state index < -0.39 is 18.5 Å². The van der Waals surface area contributed by atoms with Gasteiger partial charge in [-0.05, 0) is 48.6 Å². The number of hydrogen-bond acceptors (Lipinski definition) is 3. The molecule has 1 N–H and O–H groups in total. The summed E-state index contributed by atoms with van der Waals surface area (Å²) >= 11 is 0. The molecule has 2 aromatic rings. The number of nitrogens with one attached hydrogen (secondary N) is 1. The largest absolute Gasteiger partial charge is 0.493 e. The lowest BCUT2D eigenvalue weighted by molar-refractivity contribution is -0.145. The van der Waals surface area contributed by atoms with Crippen molar-refractivity contribution >= 4 is 17.8 Å². The van der Waals surface area contributed by atoms with Crippen molar-refractivity contribution in [2.24, 2.45) is 5.92 Å². The third kappa shape index (κ3) is 7.62. The van der Waals surface area contributed by atoms with Gasteiger partial charge in [-0.15, -0.1) is 0 Å². The van der Waals surface area contributed by atoms with Crippen LogP contribution < -0.4 is 10.1 Å². The van der Waals surface area contributed by atoms with Crippen molar-refractivity contribution in [2.75, 3.05) is 25.0 Å². The van der Waals surface area contributed by atoms with Gasteiger partial charge in [0, 0.05) is 25.7 Å². The number of halogens is 3. The standard InChI is InChI=1S/C23H26F3N3O2/c1-17(14-23(24,25)26)16-31-21-6-2-4-19(13-21)12-18-7-10-29(11-8-18)22(30)28-20-5-3-9-27-15-20/h2-6,9,12-13,15,17H,7-8,10-11,14,16H2,1H3,(H,28,30). The number of amides is 2. The predicted octanol–water partition coefficient (Wildman–Crippen LogP) is 5.76. The maximum atomic E-state index is 12.4. The van der Waals surface area contributed by atoms with Crippen molar-refractivity contribution in [1.82, 2.24) is 9.88 Å². The molecule has 0 spiro atoms. The van der Waals surface area contributed by atoms with E-state index in [4.69, 9.17) is 4.74 Å². The Labute approximate surface area is 179 Å². The van der Waals surface area contributed by atoms with Crippen LogP contribution in [0.15, 0.2) is 54.4 Å². The molecule has 1 unspecified atom stereocenters. The average Bonchev–Trinajstić information content (AvgIpc) is 2.73. The quantitative estimate of drug-likeness (QED) is 0.630. The molecule has 3 rings (SSSR count). The molecule has 2 heterocycles. The van der Waals surface area contributed by atoms with E-state index >= 15 is 0 Å². The van der Waals surface area contributed by atoms with Gasteiger partial charge in [0.25, 0.3) is 0 Å². The molecule has 1 fully saturated rings. The number of hydrogen-bond donors (Lipinski definition) is 1. The van der Waals surface area contributed by atoms with Crippen LogP contribution in [0.5, 0.6) is 5.75 Å². The van der Waals surface area contributed by atoms with E-state index in [9.17, 15) is 18.0 Å². The number of alkyl halides is 3. The van der Waals surface area contributed by atoms with Crippen LogP contribution in [0.2, 0.25) is 0 Å². The Morgan fingerprint density at radius 1 is 1.26 bits per heavy atom. The van der Waals surface area contributed by atoms with E-state index in [1.807, 2.05) is 18.2 Å². The van der Waals surface area contributed by atoms with Crippen molar-refractivity contribution in [2.45, 2.75) is 32.4 Å². The fourth-order valence-electron chi connectivity index (χ4n) is 3.40. The van der Waals surface area contributed by atoms with Gasteiger partial charge >= 0.3 is 12.2 Å². The lowest BCUT2D eigenvalue weighted by Gasteiger charge is -2.28. The molecule has 1 aromatic carbocycles. The molecule has 0 bridgehead atoms. The van der Waals surface area contributed by atoms with Crippen LogP contribution in [-0.4, -0.2) is 41.8 Å². The number of aromatic nitrogens is 1. The molecule has 0 radical (unpaired) electrons. The van der Waals surface area contributed by atoms with E-state index in [1.165, 1.54) is 12.5 Å². The number of pyridine rings is 1. The lowest BCUT2D eigenvalue weighted by atomic mass is 10.0. The highest BCUT2D eigenvalue weighted by Crippen LogP contribution is 2.26. The summed E-state index contributed by atoms with van der Waals surface area (Å²) in [5.74, 6) is -0.0548. The number of nitrogens with zero attached hydrogens (tertiary/aromatic N) is 2. The van der Waals surface area contributed by atoms with Gasteiger partial charge in [-0.1, -0.05) is 30.7 Å². The van der Waals surface area contributed by atoms with E-state index in [1.54, 1.807) is 35.5 Å². The van der Waals surface area contributed by atoms with Gasteiger partial charge in [0.1, 0.15) is 5.75 Å². The molecule has 1 aromatic heterocycles. The molecule has 166 valence electrons. The number of carbonyl (C=O) groups excluding carboxylic acids is 1. The first-order valence-electron chi connectivity index (χ1n) is 10.2. The minimum atomic E-state index is -4.18. The minimum Gasteiger partial charge on any atom is -0.493 e. The Kier molecular flexibility index (Phi) is 7.55. The zero-order chi connectivity index (χ0) is 22.3. The minimum absolute atomic E-state index is 0.0144. The topological polar surface area (TPSA) is 54.5 Å². The molecule has 5 nitrogen and oxygen atoms in total. The number of piperidine rings is 1. The lowest BCUT2D eigenvalue weighted by Crippen LogP contribution is -2.39. The van der Waals surface area contributed by atoms with Crippen LogP contribution in [-0.2, 0) is 0 Å². The smallest absolute Gasteiger partial charge is 0.389 e. The molecule has 8 heteroatoms. The summed E-state index contributed by atoms with van der Waals surface area (Å²) in [5.41, 5.74) is 2.81. The van der Waals surface area contributed by atoms with Crippen LogP contribution in [0.3, 0.4) is 0 Å². The maximum absolute atomic E-state index is 12.4. The molecule has 2 amide bonds. The van der Waals surface area contributed by atoms with Crippen LogP contribution in [0, 0.1) is 5.92 Å². The maximum Gasteiger partial charge on any atom is 0.389 e. The van der Waals surface area contributed by atoms with Crippen LogP contribution in [0.1, 0.15) is 31.7 Å². The second kappa shape index (κ2) is 10.3. The van der Waals surface area contributed by atoms with Gasteiger partial charge in [-0.25, -0.2) is 4.79 Å². The first-order chi connectivity index (χ1) is 14.8. The number of anilines is 1. The first kappa shape index (κ1) is 22.7. The van der Waals surface area contributed by atoms with Gasteiger partial charge in [-0.3, -0.25) is 4.98 Å². The summed E-state index contributed by atoms with van der Waals surface area (Å²) in [6.07, 6.45) is 1.79. The molecule has 1 saturated heterocycles. The monoisotopic (exact) mass is 433 g/mol. The summed E-state index contributed by atoms with van der Waals surface area (Å²) in [7, 11) is 0. The SMILES string of the molecule is CC(COc1cccc(C=C2CCN(C(=O)Nc3cccnc3)CC2)c1)CC(F)(F)F. The highest BCUT2D eigenvalue weighted by atomic mass is 19.4. The van der Waals surface area contributed by atoms with E-state index in [2.05, 4.69) is 16.4 Å². The highest BCUT2D eigenvalue weighted by molar-refractivity contribution is 5.89. The average molecular weight is 433 g/mol. The van der Waals surface area contributed by atoms with Gasteiger partial charge in [0.15, 0.2) is 0 Å². The third-order valence-electron chi connectivity index (χ3n) is 4.95. The summed E-state index contributed by atoms with van der Waals surface area (Å²) < 4.78 is 42.9. The van der Waals surface area contributed by atoms with Gasteiger partial charge in [0.2, 0.25) is 0 Å². The Morgan fingerprint density at radius 3 is 2.71 bits per heavy atom. The number of likely N-dealkylation sites (tertiary alicyclic amines) is 1. The number of carbonyl (C=O) groups is 1. The third-order valence-corrected chi connectivity index (χ3v) is 4.95. The van der Waals surface area contributed by atoms with Crippen LogP contribution >= 0.6 is 0 Å². The number of urea groups is 1. The van der Waals surface area contributed by atoms with E-state index in [0.717, 1.165) is 18.4 Å².